The zero-order valence-corrected chi connectivity index (χ0v) is 11.1. The molecular formula is C8H14N2S4. The van der Waals surface area contributed by atoms with E-state index >= 15 is 0 Å². The highest BCUT2D eigenvalue weighted by molar-refractivity contribution is 8.11. The van der Waals surface area contributed by atoms with Gasteiger partial charge >= 0.3 is 0 Å². The average Bonchev–Trinajstić information content (AvgIpc) is 2.02. The van der Waals surface area contributed by atoms with Crippen molar-refractivity contribution in [3.8, 4) is 0 Å². The third kappa shape index (κ3) is 14.5. The van der Waals surface area contributed by atoms with Crippen LogP contribution in [0.15, 0.2) is 25.3 Å². The normalized spacial score (nSPS) is 7.86. The molecule has 0 saturated carbocycles. The maximum atomic E-state index is 4.84. The Kier molecular flexibility index (Phi) is 12.9. The second-order valence-corrected chi connectivity index (χ2v) is 4.44. The van der Waals surface area contributed by atoms with Crippen molar-refractivity contribution >= 4 is 58.3 Å². The van der Waals surface area contributed by atoms with Crippen LogP contribution in [0.4, 0.5) is 0 Å². The van der Waals surface area contributed by atoms with Crippen LogP contribution in [0.1, 0.15) is 0 Å². The molecule has 0 aliphatic heterocycles. The summed E-state index contributed by atoms with van der Waals surface area (Å²) in [7, 11) is 0. The molecular weight excluding hydrogens is 252 g/mol. The van der Waals surface area contributed by atoms with Gasteiger partial charge in [0.2, 0.25) is 0 Å². The van der Waals surface area contributed by atoms with Gasteiger partial charge in [0, 0.05) is 13.1 Å². The predicted molar refractivity (Wildman–Crippen MR) is 79.3 cm³/mol. The van der Waals surface area contributed by atoms with Gasteiger partial charge in [-0.25, -0.2) is 0 Å². The molecule has 6 heteroatoms. The van der Waals surface area contributed by atoms with Crippen LogP contribution in [0.25, 0.3) is 0 Å². The van der Waals surface area contributed by atoms with Crippen LogP contribution in [0.5, 0.6) is 0 Å². The Hall–Kier alpha value is -0.0400. The quantitative estimate of drug-likeness (QED) is 0.413. The predicted octanol–water partition coefficient (Wildman–Crippen LogP) is 2.03. The van der Waals surface area contributed by atoms with E-state index in [4.69, 9.17) is 18.0 Å². The maximum Gasteiger partial charge on any atom is 0.133 e. The first-order valence-electron chi connectivity index (χ1n) is 3.63. The minimum absolute atomic E-state index is 0.194. The van der Waals surface area contributed by atoms with Crippen molar-refractivity contribution in [1.82, 2.24) is 4.90 Å². The molecule has 0 spiro atoms. The molecule has 0 bridgehead atoms. The van der Waals surface area contributed by atoms with Crippen molar-refractivity contribution in [2.45, 2.75) is 0 Å². The number of nitrogens with zero attached hydrogens (tertiary/aromatic N) is 1. The van der Waals surface area contributed by atoms with Gasteiger partial charge in [-0.2, -0.15) is 0 Å². The Morgan fingerprint density at radius 1 is 1.21 bits per heavy atom. The van der Waals surface area contributed by atoms with E-state index in [0.29, 0.717) is 4.32 Å². The van der Waals surface area contributed by atoms with Crippen LogP contribution in [0, 0.1) is 0 Å². The van der Waals surface area contributed by atoms with E-state index in [-0.39, 0.29) is 4.32 Å². The van der Waals surface area contributed by atoms with Crippen LogP contribution in [-0.2, 0) is 0 Å². The van der Waals surface area contributed by atoms with Crippen LogP contribution in [-0.4, -0.2) is 26.6 Å². The third-order valence-corrected chi connectivity index (χ3v) is 1.51. The zero-order chi connectivity index (χ0) is 11.6. The fourth-order valence-corrected chi connectivity index (χ4v) is 0.855. The lowest BCUT2D eigenvalue weighted by atomic mass is 10.5. The largest absolute Gasteiger partial charge is 0.385 e. The molecule has 0 atom stereocenters. The van der Waals surface area contributed by atoms with Crippen molar-refractivity contribution in [3.63, 3.8) is 0 Å². The van der Waals surface area contributed by atoms with Crippen LogP contribution in [0.2, 0.25) is 0 Å². The number of hydrogen-bond donors (Lipinski definition) is 3. The van der Waals surface area contributed by atoms with Gasteiger partial charge in [0.05, 0.1) is 0 Å². The van der Waals surface area contributed by atoms with Gasteiger partial charge in [-0.15, -0.1) is 38.4 Å². The summed E-state index contributed by atoms with van der Waals surface area (Å²) in [6.45, 7) is 8.65. The Labute approximate surface area is 107 Å². The third-order valence-electron chi connectivity index (χ3n) is 0.969. The molecule has 0 radical (unpaired) electrons. The summed E-state index contributed by atoms with van der Waals surface area (Å²) in [5.74, 6) is 0. The lowest BCUT2D eigenvalue weighted by molar-refractivity contribution is 0.533. The summed E-state index contributed by atoms with van der Waals surface area (Å²) in [5.41, 5.74) is 4.71. The molecule has 0 unspecified atom stereocenters. The maximum absolute atomic E-state index is 4.84. The van der Waals surface area contributed by atoms with Gasteiger partial charge in [0.1, 0.15) is 8.64 Å². The molecule has 0 aromatic rings. The number of thiol groups is 2. The van der Waals surface area contributed by atoms with Crippen molar-refractivity contribution in [2.24, 2.45) is 5.73 Å². The SMILES string of the molecule is C=CCN(CC=C)C(=S)S.NC(=S)S. The molecule has 0 fully saturated rings. The molecule has 0 aromatic heterocycles. The summed E-state index contributed by atoms with van der Waals surface area (Å²) >= 11 is 16.5. The average molecular weight is 266 g/mol. The molecule has 0 aromatic carbocycles. The minimum Gasteiger partial charge on any atom is -0.385 e. The van der Waals surface area contributed by atoms with Crippen LogP contribution >= 0.6 is 49.7 Å². The fraction of sp³-hybridized carbons (Fsp3) is 0.250. The van der Waals surface area contributed by atoms with Crippen molar-refractivity contribution in [3.05, 3.63) is 25.3 Å². The minimum atomic E-state index is 0.194. The zero-order valence-electron chi connectivity index (χ0n) is 7.72. The molecule has 0 aliphatic carbocycles. The smallest absolute Gasteiger partial charge is 0.133 e. The fourth-order valence-electron chi connectivity index (χ4n) is 0.542. The molecule has 0 amide bonds. The van der Waals surface area contributed by atoms with E-state index in [1.165, 1.54) is 0 Å². The number of rotatable bonds is 4. The van der Waals surface area contributed by atoms with Crippen LogP contribution < -0.4 is 5.73 Å². The second kappa shape index (κ2) is 11.0. The summed E-state index contributed by atoms with van der Waals surface area (Å²) in [6.07, 6.45) is 3.57. The van der Waals surface area contributed by atoms with Gasteiger partial charge in [-0.1, -0.05) is 36.6 Å². The first-order valence-corrected chi connectivity index (χ1v) is 5.34. The Balaban J connectivity index is 0. The van der Waals surface area contributed by atoms with E-state index in [9.17, 15) is 0 Å². The lowest BCUT2D eigenvalue weighted by Gasteiger charge is -2.17. The summed E-state index contributed by atoms with van der Waals surface area (Å²) in [5, 5.41) is 0. The molecule has 80 valence electrons. The first-order chi connectivity index (χ1) is 6.45. The number of nitrogens with two attached hydrogens (primary N) is 1. The Bertz CT molecular complexity index is 201. The second-order valence-electron chi connectivity index (χ2n) is 2.10. The summed E-state index contributed by atoms with van der Waals surface area (Å²) in [6, 6.07) is 0. The lowest BCUT2D eigenvalue weighted by Crippen LogP contribution is -2.25. The van der Waals surface area contributed by atoms with Gasteiger partial charge < -0.3 is 10.6 Å². The Morgan fingerprint density at radius 3 is 1.64 bits per heavy atom. The summed E-state index contributed by atoms with van der Waals surface area (Å²) in [4.78, 5) is 1.89. The topological polar surface area (TPSA) is 29.3 Å². The van der Waals surface area contributed by atoms with Gasteiger partial charge in [-0.3, -0.25) is 0 Å². The standard InChI is InChI=1S/C7H11NS2.CH3NS2/c1-3-5-8(6-4-2)7(9)10;2-1(3)4/h3-4H,1-2,5-6H2,(H,9,10);(H3,2,3,4). The number of hydrogen-bond acceptors (Lipinski definition) is 2. The molecule has 0 rings (SSSR count). The highest BCUT2D eigenvalue weighted by Gasteiger charge is 1.98. The van der Waals surface area contributed by atoms with E-state index in [1.54, 1.807) is 12.2 Å². The van der Waals surface area contributed by atoms with Crippen molar-refractivity contribution in [1.29, 1.82) is 0 Å². The van der Waals surface area contributed by atoms with Gasteiger partial charge in [0.25, 0.3) is 0 Å². The monoisotopic (exact) mass is 266 g/mol. The van der Waals surface area contributed by atoms with E-state index in [2.05, 4.69) is 50.6 Å². The van der Waals surface area contributed by atoms with Gasteiger partial charge in [-0.05, 0) is 0 Å². The van der Waals surface area contributed by atoms with Gasteiger partial charge in [0.15, 0.2) is 0 Å². The first kappa shape index (κ1) is 16.4. The molecule has 2 N–H and O–H groups in total. The molecule has 0 heterocycles. The van der Waals surface area contributed by atoms with Crippen molar-refractivity contribution in [2.75, 3.05) is 13.1 Å². The summed E-state index contributed by atoms with van der Waals surface area (Å²) < 4.78 is 0.778. The highest BCUT2D eigenvalue weighted by atomic mass is 32.1. The highest BCUT2D eigenvalue weighted by Crippen LogP contribution is 1.96. The van der Waals surface area contributed by atoms with E-state index in [1.807, 2.05) is 4.90 Å². The molecule has 0 aliphatic rings. The van der Waals surface area contributed by atoms with Crippen LogP contribution in [0.3, 0.4) is 0 Å². The molecule has 0 saturated heterocycles. The molecule has 2 nitrogen and oxygen atoms in total. The molecule has 14 heavy (non-hydrogen) atoms. The Morgan fingerprint density at radius 2 is 1.50 bits per heavy atom. The number of thiocarbonyl (C=S) groups is 2. The van der Waals surface area contributed by atoms with E-state index in [0.717, 1.165) is 13.1 Å². The van der Waals surface area contributed by atoms with Crippen molar-refractivity contribution < 1.29 is 0 Å². The van der Waals surface area contributed by atoms with E-state index < -0.39 is 0 Å².